The Labute approximate surface area is 297 Å². The Morgan fingerprint density at radius 1 is 1.04 bits per heavy atom. The Bertz CT molecular complexity index is 1740. The first-order valence-corrected chi connectivity index (χ1v) is 17.7. The summed E-state index contributed by atoms with van der Waals surface area (Å²) >= 11 is 6.22. The molecule has 1 atom stereocenters. The van der Waals surface area contributed by atoms with E-state index in [2.05, 4.69) is 49.3 Å². The molecule has 50 heavy (non-hydrogen) atoms. The van der Waals surface area contributed by atoms with E-state index in [-0.39, 0.29) is 65.9 Å². The summed E-state index contributed by atoms with van der Waals surface area (Å²) in [4.78, 5) is 67.0. The Kier molecular flexibility index (Phi) is 9.57. The number of hydrogen-bond acceptors (Lipinski definition) is 8. The van der Waals surface area contributed by atoms with E-state index in [0.717, 1.165) is 29.8 Å². The molecule has 2 aromatic rings. The highest BCUT2D eigenvalue weighted by Crippen LogP contribution is 2.55. The number of hydrogen-bond donors (Lipinski definition) is 2. The molecule has 2 aromatic carbocycles. The summed E-state index contributed by atoms with van der Waals surface area (Å²) in [5.41, 5.74) is 0.630. The first kappa shape index (κ1) is 35.6. The van der Waals surface area contributed by atoms with Crippen molar-refractivity contribution in [1.82, 2.24) is 20.4 Å². The number of nitrogens with zero attached hydrogens (tertiary/aromatic N) is 3. The molecule has 264 valence electrons. The van der Waals surface area contributed by atoms with Gasteiger partial charge < -0.3 is 15.0 Å². The number of nitriles is 1. The Morgan fingerprint density at radius 3 is 2.34 bits per heavy atom. The number of nitrogens with one attached hydrogen (secondary N) is 2. The minimum atomic E-state index is -0.895. The topological polar surface area (TPSA) is 149 Å². The summed E-state index contributed by atoms with van der Waals surface area (Å²) < 4.78 is 6.34. The molecule has 0 bridgehead atoms. The average Bonchev–Trinajstić information content (AvgIpc) is 3.31. The van der Waals surface area contributed by atoms with Gasteiger partial charge in [0.05, 0.1) is 16.0 Å². The number of likely N-dealkylation sites (tertiary alicyclic amines) is 2. The zero-order valence-electron chi connectivity index (χ0n) is 29.0. The molecule has 1 spiro atoms. The molecule has 4 fully saturated rings. The molecular formula is C38H44ClN5O6. The monoisotopic (exact) mass is 701 g/mol. The quantitative estimate of drug-likeness (QED) is 0.366. The van der Waals surface area contributed by atoms with Gasteiger partial charge in [0, 0.05) is 41.3 Å². The second-order valence-electron chi connectivity index (χ2n) is 15.4. The molecular weight excluding hydrogens is 658 g/mol. The van der Waals surface area contributed by atoms with Crippen LogP contribution in [0.3, 0.4) is 0 Å². The van der Waals surface area contributed by atoms with E-state index >= 15 is 0 Å². The van der Waals surface area contributed by atoms with E-state index in [4.69, 9.17) is 16.3 Å². The van der Waals surface area contributed by atoms with Gasteiger partial charge in [-0.2, -0.15) is 5.26 Å². The van der Waals surface area contributed by atoms with Crippen molar-refractivity contribution in [1.29, 1.82) is 5.26 Å². The van der Waals surface area contributed by atoms with Crippen LogP contribution in [0.4, 0.5) is 0 Å². The highest BCUT2D eigenvalue weighted by Gasteiger charge is 2.64. The fraction of sp³-hybridized carbons (Fsp3) is 0.526. The van der Waals surface area contributed by atoms with Crippen LogP contribution in [0.5, 0.6) is 5.75 Å². The lowest BCUT2D eigenvalue weighted by Crippen LogP contribution is -2.74. The predicted molar refractivity (Wildman–Crippen MR) is 185 cm³/mol. The SMILES string of the molecule is CC1(C)[C@H](NC(=O)c2ccc(CCCN3CCC4(CC3)CC(=O)N(C3CCC(=O)NC3=O)C4=O)cc2)C(C)(C)[C@H]1Oc1ccc(C#N)c(Cl)c1. The van der Waals surface area contributed by atoms with Crippen molar-refractivity contribution in [3.8, 4) is 11.8 Å². The molecule has 3 aliphatic heterocycles. The molecule has 11 nitrogen and oxygen atoms in total. The standard InChI is InChI=1S/C38H44ClN5O6/c1-36(2)33(37(3,4)34(36)50-26-12-11-25(22-40)27(39)20-26)42-31(47)24-9-7-23(8-10-24)6-5-17-43-18-15-38(16-19-43)21-30(46)44(35(38)49)28-13-14-29(45)41-32(28)48/h7-12,20,28,33-34H,5-6,13-19,21H2,1-4H3,(H,42,47)(H,41,45,48)/t28?,33-,34-. The van der Waals surface area contributed by atoms with Gasteiger partial charge in [-0.1, -0.05) is 51.4 Å². The Balaban J connectivity index is 0.961. The highest BCUT2D eigenvalue weighted by molar-refractivity contribution is 6.31. The third kappa shape index (κ3) is 6.51. The molecule has 1 saturated carbocycles. The normalized spacial score (nSPS) is 25.5. The first-order chi connectivity index (χ1) is 23.7. The number of carbonyl (C=O) groups excluding carboxylic acids is 5. The van der Waals surface area contributed by atoms with Crippen LogP contribution in [0.25, 0.3) is 0 Å². The van der Waals surface area contributed by atoms with Gasteiger partial charge in [0.25, 0.3) is 5.91 Å². The van der Waals surface area contributed by atoms with Gasteiger partial charge in [-0.3, -0.25) is 34.2 Å². The minimum Gasteiger partial charge on any atom is -0.489 e. The van der Waals surface area contributed by atoms with Crippen LogP contribution in [0.1, 0.15) is 87.7 Å². The Hall–Kier alpha value is -4.27. The van der Waals surface area contributed by atoms with Crippen molar-refractivity contribution >= 4 is 41.1 Å². The number of ether oxygens (including phenoxy) is 1. The summed E-state index contributed by atoms with van der Waals surface area (Å²) in [7, 11) is 0. The number of rotatable bonds is 9. The maximum absolute atomic E-state index is 13.4. The van der Waals surface area contributed by atoms with Gasteiger partial charge in [0.2, 0.25) is 23.6 Å². The molecule has 1 aliphatic carbocycles. The van der Waals surface area contributed by atoms with Crippen LogP contribution in [0, 0.1) is 27.6 Å². The number of benzene rings is 2. The van der Waals surface area contributed by atoms with Gasteiger partial charge in [-0.25, -0.2) is 0 Å². The van der Waals surface area contributed by atoms with Crippen molar-refractivity contribution in [2.45, 2.75) is 90.8 Å². The smallest absolute Gasteiger partial charge is 0.251 e. The van der Waals surface area contributed by atoms with Crippen LogP contribution in [-0.4, -0.2) is 77.2 Å². The number of amides is 5. The molecule has 2 N–H and O–H groups in total. The highest BCUT2D eigenvalue weighted by atomic mass is 35.5. The van der Waals surface area contributed by atoms with E-state index < -0.39 is 17.4 Å². The summed E-state index contributed by atoms with van der Waals surface area (Å²) in [5, 5.41) is 15.0. The van der Waals surface area contributed by atoms with E-state index in [1.54, 1.807) is 18.2 Å². The molecule has 0 radical (unpaired) electrons. The largest absolute Gasteiger partial charge is 0.489 e. The van der Waals surface area contributed by atoms with Gasteiger partial charge in [-0.05, 0) is 81.6 Å². The number of halogens is 1. The minimum absolute atomic E-state index is 0.120. The third-order valence-corrected chi connectivity index (χ3v) is 11.7. The lowest BCUT2D eigenvalue weighted by molar-refractivity contribution is -0.164. The number of piperidine rings is 2. The molecule has 12 heteroatoms. The molecule has 6 rings (SSSR count). The van der Waals surface area contributed by atoms with Crippen molar-refractivity contribution < 1.29 is 28.7 Å². The van der Waals surface area contributed by atoms with Gasteiger partial charge in [0.15, 0.2) is 0 Å². The number of imide groups is 2. The molecule has 3 heterocycles. The maximum Gasteiger partial charge on any atom is 0.251 e. The van der Waals surface area contributed by atoms with Crippen molar-refractivity contribution in [3.05, 3.63) is 64.2 Å². The van der Waals surface area contributed by atoms with Gasteiger partial charge >= 0.3 is 0 Å². The zero-order chi connectivity index (χ0) is 36.0. The first-order valence-electron chi connectivity index (χ1n) is 17.3. The fourth-order valence-electron chi connectivity index (χ4n) is 8.80. The van der Waals surface area contributed by atoms with Crippen LogP contribution < -0.4 is 15.4 Å². The third-order valence-electron chi connectivity index (χ3n) is 11.4. The van der Waals surface area contributed by atoms with Gasteiger partial charge in [0.1, 0.15) is 24.0 Å². The van der Waals surface area contributed by atoms with Crippen LogP contribution in [0.2, 0.25) is 5.02 Å². The fourth-order valence-corrected chi connectivity index (χ4v) is 9.01. The lowest BCUT2D eigenvalue weighted by Gasteiger charge is -2.63. The molecule has 3 saturated heterocycles. The van der Waals surface area contributed by atoms with Crippen LogP contribution in [-0.2, 0) is 25.6 Å². The van der Waals surface area contributed by atoms with Crippen molar-refractivity contribution in [2.75, 3.05) is 19.6 Å². The van der Waals surface area contributed by atoms with Crippen molar-refractivity contribution in [3.63, 3.8) is 0 Å². The van der Waals surface area contributed by atoms with Crippen LogP contribution >= 0.6 is 11.6 Å². The molecule has 0 aromatic heterocycles. The van der Waals surface area contributed by atoms with E-state index in [9.17, 15) is 29.2 Å². The molecule has 4 aliphatic rings. The predicted octanol–water partition coefficient (Wildman–Crippen LogP) is 4.40. The van der Waals surface area contributed by atoms with E-state index in [0.29, 0.717) is 47.8 Å². The average molecular weight is 702 g/mol. The Morgan fingerprint density at radius 2 is 1.72 bits per heavy atom. The number of carbonyl (C=O) groups is 5. The van der Waals surface area contributed by atoms with Gasteiger partial charge in [-0.15, -0.1) is 0 Å². The second kappa shape index (κ2) is 13.5. The lowest BCUT2D eigenvalue weighted by atomic mass is 9.49. The number of aryl methyl sites for hydroxylation is 1. The zero-order valence-corrected chi connectivity index (χ0v) is 29.8. The maximum atomic E-state index is 13.4. The summed E-state index contributed by atoms with van der Waals surface area (Å²) in [6, 6.07) is 13.8. The molecule has 1 unspecified atom stereocenters. The van der Waals surface area contributed by atoms with E-state index in [1.165, 1.54) is 0 Å². The van der Waals surface area contributed by atoms with Crippen LogP contribution in [0.15, 0.2) is 42.5 Å². The summed E-state index contributed by atoms with van der Waals surface area (Å²) in [6.45, 7) is 10.5. The molecule has 5 amide bonds. The summed E-state index contributed by atoms with van der Waals surface area (Å²) in [5.74, 6) is -1.08. The summed E-state index contributed by atoms with van der Waals surface area (Å²) in [6.07, 6.45) is 3.11. The van der Waals surface area contributed by atoms with E-state index in [1.807, 2.05) is 24.3 Å². The second-order valence-corrected chi connectivity index (χ2v) is 15.8. The van der Waals surface area contributed by atoms with Crippen molar-refractivity contribution in [2.24, 2.45) is 16.2 Å².